The number of amides is 2. The average molecular weight is 389 g/mol. The fraction of sp³-hybridized carbons (Fsp3) is 0. The van der Waals surface area contributed by atoms with Gasteiger partial charge in [0.25, 0.3) is 0 Å². The molecule has 3 aromatic carbocycles. The van der Waals surface area contributed by atoms with Gasteiger partial charge in [-0.3, -0.25) is 0 Å². The van der Waals surface area contributed by atoms with Crippen molar-refractivity contribution in [1.82, 2.24) is 4.98 Å². The van der Waals surface area contributed by atoms with Crippen molar-refractivity contribution in [3.05, 3.63) is 90.1 Å². The molecule has 6 heteroatoms. The molecule has 0 unspecified atom stereocenters. The minimum absolute atomic E-state index is 0.308. The third kappa shape index (κ3) is 3.92. The van der Waals surface area contributed by atoms with E-state index in [2.05, 4.69) is 15.6 Å². The first-order valence-electron chi connectivity index (χ1n) is 8.63. The van der Waals surface area contributed by atoms with E-state index < -0.39 is 0 Å². The summed E-state index contributed by atoms with van der Waals surface area (Å²) in [6, 6.07) is 22.8. The summed E-state index contributed by atoms with van der Waals surface area (Å²) >= 11 is 1.36. The van der Waals surface area contributed by atoms with E-state index >= 15 is 0 Å². The Labute approximate surface area is 165 Å². The zero-order valence-corrected chi connectivity index (χ0v) is 15.5. The van der Waals surface area contributed by atoms with Crippen LogP contribution in [0.15, 0.2) is 84.2 Å². The van der Waals surface area contributed by atoms with Crippen molar-refractivity contribution in [1.29, 1.82) is 0 Å². The zero-order chi connectivity index (χ0) is 19.3. The quantitative estimate of drug-likeness (QED) is 0.433. The van der Waals surface area contributed by atoms with Crippen molar-refractivity contribution < 1.29 is 9.18 Å². The van der Waals surface area contributed by atoms with Crippen molar-refractivity contribution in [2.45, 2.75) is 0 Å². The van der Waals surface area contributed by atoms with Gasteiger partial charge < -0.3 is 10.6 Å². The van der Waals surface area contributed by atoms with Crippen LogP contribution >= 0.6 is 11.3 Å². The molecule has 2 amide bonds. The van der Waals surface area contributed by atoms with E-state index in [1.807, 2.05) is 60.0 Å². The summed E-state index contributed by atoms with van der Waals surface area (Å²) in [6.45, 7) is 0. The number of hydrogen-bond donors (Lipinski definition) is 2. The molecule has 1 heterocycles. The van der Waals surface area contributed by atoms with E-state index in [0.29, 0.717) is 27.6 Å². The number of rotatable bonds is 4. The highest BCUT2D eigenvalue weighted by Crippen LogP contribution is 2.33. The molecule has 4 nitrogen and oxygen atoms in total. The summed E-state index contributed by atoms with van der Waals surface area (Å²) in [5, 5.41) is 8.10. The van der Waals surface area contributed by atoms with Crippen LogP contribution in [0.25, 0.3) is 21.8 Å². The molecule has 4 rings (SSSR count). The highest BCUT2D eigenvalue weighted by atomic mass is 32.1. The summed E-state index contributed by atoms with van der Waals surface area (Å²) < 4.78 is 14.0. The third-order valence-corrected chi connectivity index (χ3v) is 4.97. The van der Waals surface area contributed by atoms with Crippen LogP contribution in [-0.2, 0) is 0 Å². The number of carbonyl (C=O) groups is 1. The molecular weight excluding hydrogens is 373 g/mol. The predicted molar refractivity (Wildman–Crippen MR) is 112 cm³/mol. The summed E-state index contributed by atoms with van der Waals surface area (Å²) in [5.41, 5.74) is 3.24. The fourth-order valence-corrected chi connectivity index (χ4v) is 3.62. The Hall–Kier alpha value is -3.51. The van der Waals surface area contributed by atoms with Gasteiger partial charge in [-0.2, -0.15) is 0 Å². The van der Waals surface area contributed by atoms with Gasteiger partial charge in [0.2, 0.25) is 0 Å². The predicted octanol–water partition coefficient (Wildman–Crippen LogP) is 6.26. The molecule has 0 aliphatic rings. The Balaban J connectivity index is 1.58. The van der Waals surface area contributed by atoms with Gasteiger partial charge in [0.15, 0.2) is 0 Å². The maximum Gasteiger partial charge on any atom is 0.323 e. The molecule has 0 fully saturated rings. The molecule has 1 aromatic heterocycles. The van der Waals surface area contributed by atoms with Crippen LogP contribution in [0.4, 0.5) is 20.6 Å². The Morgan fingerprint density at radius 1 is 0.821 bits per heavy atom. The van der Waals surface area contributed by atoms with Crippen molar-refractivity contribution in [3.8, 4) is 21.8 Å². The molecule has 138 valence electrons. The monoisotopic (exact) mass is 389 g/mol. The lowest BCUT2D eigenvalue weighted by Gasteiger charge is -2.11. The lowest BCUT2D eigenvalue weighted by molar-refractivity contribution is 0.262. The average Bonchev–Trinajstić information content (AvgIpc) is 3.19. The lowest BCUT2D eigenvalue weighted by Crippen LogP contribution is -2.19. The normalized spacial score (nSPS) is 10.5. The first-order valence-corrected chi connectivity index (χ1v) is 9.51. The van der Waals surface area contributed by atoms with Crippen molar-refractivity contribution in [2.75, 3.05) is 10.6 Å². The van der Waals surface area contributed by atoms with Gasteiger partial charge in [-0.15, -0.1) is 11.3 Å². The number of carbonyl (C=O) groups excluding carboxylic acids is 1. The molecule has 0 atom stereocenters. The topological polar surface area (TPSA) is 54.0 Å². The van der Waals surface area contributed by atoms with E-state index in [1.54, 1.807) is 18.2 Å². The van der Waals surface area contributed by atoms with Crippen LogP contribution in [0, 0.1) is 5.82 Å². The van der Waals surface area contributed by atoms with E-state index in [4.69, 9.17) is 0 Å². The van der Waals surface area contributed by atoms with Gasteiger partial charge in [0.05, 0.1) is 11.4 Å². The molecule has 28 heavy (non-hydrogen) atoms. The second-order valence-electron chi connectivity index (χ2n) is 6.01. The van der Waals surface area contributed by atoms with E-state index in [9.17, 15) is 9.18 Å². The van der Waals surface area contributed by atoms with E-state index in [-0.39, 0.29) is 11.8 Å². The first-order chi connectivity index (χ1) is 13.7. The first kappa shape index (κ1) is 17.9. The van der Waals surface area contributed by atoms with Crippen LogP contribution in [0.2, 0.25) is 0 Å². The molecule has 0 saturated heterocycles. The van der Waals surface area contributed by atoms with Gasteiger partial charge in [-0.05, 0) is 30.3 Å². The third-order valence-electron chi connectivity index (χ3n) is 4.09. The summed E-state index contributed by atoms with van der Waals surface area (Å²) in [7, 11) is 0. The van der Waals surface area contributed by atoms with Gasteiger partial charge in [0.1, 0.15) is 10.8 Å². The Bertz CT molecular complexity index is 1110. The van der Waals surface area contributed by atoms with E-state index in [1.165, 1.54) is 17.4 Å². The Morgan fingerprint density at radius 3 is 2.29 bits per heavy atom. The number of halogens is 1. The van der Waals surface area contributed by atoms with Crippen LogP contribution < -0.4 is 10.6 Å². The number of thiazole rings is 1. The van der Waals surface area contributed by atoms with Crippen LogP contribution in [0.3, 0.4) is 0 Å². The number of anilines is 2. The molecule has 0 spiro atoms. The molecule has 0 saturated carbocycles. The molecule has 0 aliphatic heterocycles. The van der Waals surface area contributed by atoms with Gasteiger partial charge in [0, 0.05) is 22.2 Å². The maximum atomic E-state index is 14.0. The summed E-state index contributed by atoms with van der Waals surface area (Å²) in [6.07, 6.45) is 0. The number of benzene rings is 3. The van der Waals surface area contributed by atoms with Crippen LogP contribution in [0.1, 0.15) is 0 Å². The molecule has 4 aromatic rings. The number of para-hydroxylation sites is 2. The van der Waals surface area contributed by atoms with Crippen molar-refractivity contribution in [3.63, 3.8) is 0 Å². The highest BCUT2D eigenvalue weighted by molar-refractivity contribution is 7.13. The second kappa shape index (κ2) is 8.02. The van der Waals surface area contributed by atoms with Crippen LogP contribution in [-0.4, -0.2) is 11.0 Å². The fourth-order valence-electron chi connectivity index (χ4n) is 2.78. The minimum Gasteiger partial charge on any atom is -0.308 e. The van der Waals surface area contributed by atoms with E-state index in [0.717, 1.165) is 5.56 Å². The number of urea groups is 1. The molecule has 0 bridgehead atoms. The second-order valence-corrected chi connectivity index (χ2v) is 6.87. The van der Waals surface area contributed by atoms with Crippen LogP contribution in [0.5, 0.6) is 0 Å². The van der Waals surface area contributed by atoms with Gasteiger partial charge in [-0.1, -0.05) is 48.5 Å². The largest absolute Gasteiger partial charge is 0.323 e. The highest BCUT2D eigenvalue weighted by Gasteiger charge is 2.14. The summed E-state index contributed by atoms with van der Waals surface area (Å²) in [4.78, 5) is 16.9. The molecule has 2 N–H and O–H groups in total. The smallest absolute Gasteiger partial charge is 0.308 e. The van der Waals surface area contributed by atoms with Gasteiger partial charge in [-0.25, -0.2) is 14.2 Å². The number of nitrogens with one attached hydrogen (secondary N) is 2. The lowest BCUT2D eigenvalue weighted by atomic mass is 10.1. The zero-order valence-electron chi connectivity index (χ0n) is 14.7. The summed E-state index contributed by atoms with van der Waals surface area (Å²) in [5.74, 6) is -0.308. The standard InChI is InChI=1S/C22H16FN3OS/c23-18-12-6-4-10-16(18)21-25-20(14-28-21)17-11-5-7-13-19(17)26-22(27)24-15-8-2-1-3-9-15/h1-14H,(H2,24,26,27). The maximum absolute atomic E-state index is 14.0. The van der Waals surface area contributed by atoms with Crippen molar-refractivity contribution in [2.24, 2.45) is 0 Å². The SMILES string of the molecule is O=C(Nc1ccccc1)Nc1ccccc1-c1csc(-c2ccccc2F)n1. The number of aromatic nitrogens is 1. The molecule has 0 aliphatic carbocycles. The number of hydrogen-bond acceptors (Lipinski definition) is 3. The Kier molecular flexibility index (Phi) is 5.12. The molecular formula is C22H16FN3OS. The molecule has 0 radical (unpaired) electrons. The minimum atomic E-state index is -0.344. The van der Waals surface area contributed by atoms with Crippen molar-refractivity contribution >= 4 is 28.7 Å². The number of nitrogens with zero attached hydrogens (tertiary/aromatic N) is 1. The Morgan fingerprint density at radius 2 is 1.50 bits per heavy atom. The van der Waals surface area contributed by atoms with Gasteiger partial charge >= 0.3 is 6.03 Å².